The second kappa shape index (κ2) is 5.42. The van der Waals surface area contributed by atoms with E-state index in [0.29, 0.717) is 12.6 Å². The van der Waals surface area contributed by atoms with E-state index in [1.807, 2.05) is 0 Å². The van der Waals surface area contributed by atoms with Crippen LogP contribution in [0.5, 0.6) is 0 Å². The lowest BCUT2D eigenvalue weighted by Crippen LogP contribution is -2.38. The maximum Gasteiger partial charge on any atom is 0.208 e. The second-order valence-electron chi connectivity index (χ2n) is 4.86. The highest BCUT2D eigenvalue weighted by molar-refractivity contribution is 7.88. The van der Waals surface area contributed by atoms with Crippen molar-refractivity contribution in [2.75, 3.05) is 25.9 Å². The Morgan fingerprint density at radius 3 is 2.94 bits per heavy atom. The van der Waals surface area contributed by atoms with Crippen LogP contribution < -0.4 is 4.72 Å². The van der Waals surface area contributed by atoms with Crippen molar-refractivity contribution in [1.82, 2.24) is 14.2 Å². The van der Waals surface area contributed by atoms with Gasteiger partial charge in [0.05, 0.1) is 6.26 Å². The molecule has 6 heteroatoms. The minimum Gasteiger partial charge on any atom is -0.349 e. The zero-order valence-corrected chi connectivity index (χ0v) is 11.8. The number of aromatic nitrogens is 1. The molecule has 1 atom stereocenters. The van der Waals surface area contributed by atoms with Gasteiger partial charge in [-0.25, -0.2) is 13.1 Å². The van der Waals surface area contributed by atoms with E-state index in [-0.39, 0.29) is 0 Å². The smallest absolute Gasteiger partial charge is 0.208 e. The van der Waals surface area contributed by atoms with Crippen LogP contribution in [0.25, 0.3) is 0 Å². The molecule has 1 aliphatic rings. The molecule has 0 aromatic carbocycles. The van der Waals surface area contributed by atoms with Crippen LogP contribution in [0.2, 0.25) is 0 Å². The Balaban J connectivity index is 1.82. The summed E-state index contributed by atoms with van der Waals surface area (Å²) in [4.78, 5) is 2.40. The first-order valence-electron chi connectivity index (χ1n) is 6.31. The van der Waals surface area contributed by atoms with E-state index < -0.39 is 10.0 Å². The normalized spacial score (nSPS) is 20.9. The van der Waals surface area contributed by atoms with Crippen molar-refractivity contribution >= 4 is 10.0 Å². The van der Waals surface area contributed by atoms with Gasteiger partial charge in [0.25, 0.3) is 0 Å². The molecule has 18 heavy (non-hydrogen) atoms. The van der Waals surface area contributed by atoms with Crippen LogP contribution in [0.3, 0.4) is 0 Å². The number of nitrogens with zero attached hydrogens (tertiary/aromatic N) is 2. The van der Waals surface area contributed by atoms with Gasteiger partial charge in [0.2, 0.25) is 10.0 Å². The van der Waals surface area contributed by atoms with Crippen molar-refractivity contribution in [3.63, 3.8) is 0 Å². The quantitative estimate of drug-likeness (QED) is 0.806. The van der Waals surface area contributed by atoms with E-state index in [1.165, 1.54) is 11.9 Å². The highest BCUT2D eigenvalue weighted by Gasteiger charge is 2.22. The molecule has 0 fully saturated rings. The molecule has 0 unspecified atom stereocenters. The maximum atomic E-state index is 10.9. The second-order valence-corrected chi connectivity index (χ2v) is 6.69. The Bertz CT molecular complexity index is 495. The van der Waals surface area contributed by atoms with Crippen LogP contribution in [0.4, 0.5) is 0 Å². The molecular weight excluding hydrogens is 250 g/mol. The van der Waals surface area contributed by atoms with Gasteiger partial charge in [0, 0.05) is 44.1 Å². The minimum atomic E-state index is -3.05. The monoisotopic (exact) mass is 271 g/mol. The van der Waals surface area contributed by atoms with Crippen molar-refractivity contribution < 1.29 is 8.42 Å². The molecule has 0 bridgehead atoms. The number of hydrogen-bond donors (Lipinski definition) is 1. The van der Waals surface area contributed by atoms with E-state index in [0.717, 1.165) is 26.1 Å². The van der Waals surface area contributed by atoms with Gasteiger partial charge in [-0.05, 0) is 25.5 Å². The molecule has 2 heterocycles. The first-order chi connectivity index (χ1) is 8.47. The van der Waals surface area contributed by atoms with Gasteiger partial charge < -0.3 is 4.57 Å². The largest absolute Gasteiger partial charge is 0.349 e. The standard InChI is InChI=1S/C12H21N3O2S/c1-11-12-5-3-7-15(12)10-9-14(11)8-4-6-13-18(2,16)17/h3,5,7,11,13H,4,6,8-10H2,1-2H3/t11-/m0/s1. The predicted octanol–water partition coefficient (Wildman–Crippen LogP) is 0.804. The Labute approximate surface area is 109 Å². The van der Waals surface area contributed by atoms with Crippen LogP contribution in [-0.4, -0.2) is 43.8 Å². The Morgan fingerprint density at radius 2 is 2.22 bits per heavy atom. The van der Waals surface area contributed by atoms with Crippen LogP contribution in [0.15, 0.2) is 18.3 Å². The maximum absolute atomic E-state index is 10.9. The average molecular weight is 271 g/mol. The summed E-state index contributed by atoms with van der Waals surface area (Å²) in [6, 6.07) is 4.65. The third-order valence-electron chi connectivity index (χ3n) is 3.45. The first kappa shape index (κ1) is 13.6. The lowest BCUT2D eigenvalue weighted by molar-refractivity contribution is 0.168. The summed E-state index contributed by atoms with van der Waals surface area (Å²) in [6.07, 6.45) is 4.16. The van der Waals surface area contributed by atoms with Crippen molar-refractivity contribution in [2.24, 2.45) is 0 Å². The number of nitrogens with one attached hydrogen (secondary N) is 1. The Morgan fingerprint density at radius 1 is 1.44 bits per heavy atom. The molecule has 0 aliphatic carbocycles. The summed E-state index contributed by atoms with van der Waals surface area (Å²) < 4.78 is 26.7. The van der Waals surface area contributed by atoms with Gasteiger partial charge in [-0.1, -0.05) is 0 Å². The van der Waals surface area contributed by atoms with E-state index in [4.69, 9.17) is 0 Å². The van der Waals surface area contributed by atoms with Crippen molar-refractivity contribution in [3.05, 3.63) is 24.0 Å². The summed E-state index contributed by atoms with van der Waals surface area (Å²) in [5.74, 6) is 0. The third kappa shape index (κ3) is 3.34. The number of sulfonamides is 1. The molecule has 1 aromatic heterocycles. The van der Waals surface area contributed by atoms with Crippen LogP contribution in [0, 0.1) is 0 Å². The molecule has 0 radical (unpaired) electrons. The van der Waals surface area contributed by atoms with Gasteiger partial charge in [-0.2, -0.15) is 0 Å². The van der Waals surface area contributed by atoms with Gasteiger partial charge in [0.15, 0.2) is 0 Å². The first-order valence-corrected chi connectivity index (χ1v) is 8.20. The Kier molecular flexibility index (Phi) is 4.09. The molecule has 1 aliphatic heterocycles. The summed E-state index contributed by atoms with van der Waals surface area (Å²) in [7, 11) is -3.05. The zero-order chi connectivity index (χ0) is 13.2. The van der Waals surface area contributed by atoms with E-state index in [1.54, 1.807) is 0 Å². The highest BCUT2D eigenvalue weighted by atomic mass is 32.2. The Hall–Kier alpha value is -0.850. The highest BCUT2D eigenvalue weighted by Crippen LogP contribution is 2.24. The molecule has 0 saturated carbocycles. The predicted molar refractivity (Wildman–Crippen MR) is 71.9 cm³/mol. The van der Waals surface area contributed by atoms with Crippen LogP contribution in [0.1, 0.15) is 25.1 Å². The topological polar surface area (TPSA) is 54.3 Å². The molecule has 0 saturated heterocycles. The molecule has 0 spiro atoms. The molecule has 1 N–H and O–H groups in total. The number of fused-ring (bicyclic) bond motifs is 1. The molecule has 5 nitrogen and oxygen atoms in total. The third-order valence-corrected chi connectivity index (χ3v) is 4.18. The van der Waals surface area contributed by atoms with Crippen LogP contribution >= 0.6 is 0 Å². The fourth-order valence-electron chi connectivity index (χ4n) is 2.47. The van der Waals surface area contributed by atoms with E-state index in [2.05, 4.69) is 39.4 Å². The van der Waals surface area contributed by atoms with Crippen LogP contribution in [-0.2, 0) is 16.6 Å². The van der Waals surface area contributed by atoms with E-state index >= 15 is 0 Å². The summed E-state index contributed by atoms with van der Waals surface area (Å²) >= 11 is 0. The van der Waals surface area contributed by atoms with Crippen molar-refractivity contribution in [2.45, 2.75) is 25.9 Å². The van der Waals surface area contributed by atoms with Gasteiger partial charge in [-0.3, -0.25) is 4.90 Å². The van der Waals surface area contributed by atoms with Gasteiger partial charge >= 0.3 is 0 Å². The lowest BCUT2D eigenvalue weighted by Gasteiger charge is -2.34. The summed E-state index contributed by atoms with van der Waals surface area (Å²) in [6.45, 7) is 5.70. The SMILES string of the molecule is C[C@H]1c2cccn2CCN1CCCNS(C)(=O)=O. The number of rotatable bonds is 5. The molecule has 0 amide bonds. The fourth-order valence-corrected chi connectivity index (χ4v) is 2.99. The molecule has 102 valence electrons. The summed E-state index contributed by atoms with van der Waals surface area (Å²) in [5, 5.41) is 0. The number of hydrogen-bond acceptors (Lipinski definition) is 3. The van der Waals surface area contributed by atoms with Crippen molar-refractivity contribution in [1.29, 1.82) is 0 Å². The van der Waals surface area contributed by atoms with E-state index in [9.17, 15) is 8.42 Å². The average Bonchev–Trinajstić information content (AvgIpc) is 2.74. The van der Waals surface area contributed by atoms with Gasteiger partial charge in [0.1, 0.15) is 0 Å². The molecular formula is C12H21N3O2S. The zero-order valence-electron chi connectivity index (χ0n) is 11.0. The van der Waals surface area contributed by atoms with Crippen molar-refractivity contribution in [3.8, 4) is 0 Å². The summed E-state index contributed by atoms with van der Waals surface area (Å²) in [5.41, 5.74) is 1.34. The lowest BCUT2D eigenvalue weighted by atomic mass is 10.1. The van der Waals surface area contributed by atoms with Gasteiger partial charge in [-0.15, -0.1) is 0 Å². The molecule has 1 aromatic rings. The molecule has 2 rings (SSSR count). The minimum absolute atomic E-state index is 0.409. The fraction of sp³-hybridized carbons (Fsp3) is 0.667.